The summed E-state index contributed by atoms with van der Waals surface area (Å²) in [6, 6.07) is 1.13. The molecule has 6 heteroatoms. The SMILES string of the molecule is COc1cc(C(=O)O)[nH]c(=O)n1. The summed E-state index contributed by atoms with van der Waals surface area (Å²) in [5.74, 6) is -1.25. The minimum absolute atomic E-state index is 0.0175. The summed E-state index contributed by atoms with van der Waals surface area (Å²) in [7, 11) is 1.30. The monoisotopic (exact) mass is 170 g/mol. The van der Waals surface area contributed by atoms with E-state index in [4.69, 9.17) is 5.11 Å². The van der Waals surface area contributed by atoms with Crippen LogP contribution in [0.4, 0.5) is 0 Å². The van der Waals surface area contributed by atoms with Gasteiger partial charge < -0.3 is 9.84 Å². The Bertz CT molecular complexity index is 357. The van der Waals surface area contributed by atoms with Gasteiger partial charge in [0.05, 0.1) is 7.11 Å². The first-order chi connectivity index (χ1) is 5.63. The molecular weight excluding hydrogens is 164 g/mol. The highest BCUT2D eigenvalue weighted by atomic mass is 16.5. The number of hydrogen-bond acceptors (Lipinski definition) is 4. The number of methoxy groups -OCH3 is 1. The number of hydrogen-bond donors (Lipinski definition) is 2. The predicted octanol–water partition coefficient (Wildman–Crippen LogP) is -0.523. The lowest BCUT2D eigenvalue weighted by atomic mass is 10.4. The minimum Gasteiger partial charge on any atom is -0.481 e. The number of aromatic carboxylic acids is 1. The van der Waals surface area contributed by atoms with Crippen LogP contribution in [0.25, 0.3) is 0 Å². The van der Waals surface area contributed by atoms with E-state index >= 15 is 0 Å². The maximum Gasteiger partial charge on any atom is 0.352 e. The lowest BCUT2D eigenvalue weighted by Crippen LogP contribution is -2.16. The second-order valence-corrected chi connectivity index (χ2v) is 1.95. The van der Waals surface area contributed by atoms with E-state index in [1.807, 2.05) is 4.98 Å². The molecule has 0 saturated heterocycles. The number of rotatable bonds is 2. The third-order valence-corrected chi connectivity index (χ3v) is 1.16. The molecule has 0 spiro atoms. The van der Waals surface area contributed by atoms with Crippen molar-refractivity contribution in [2.75, 3.05) is 7.11 Å². The van der Waals surface area contributed by atoms with Crippen LogP contribution >= 0.6 is 0 Å². The first-order valence-corrected chi connectivity index (χ1v) is 3.02. The normalized spacial score (nSPS) is 9.42. The Morgan fingerprint density at radius 3 is 2.92 bits per heavy atom. The number of carboxylic acids is 1. The number of nitrogens with one attached hydrogen (secondary N) is 1. The van der Waals surface area contributed by atoms with Gasteiger partial charge in [0.2, 0.25) is 5.88 Å². The van der Waals surface area contributed by atoms with Crippen LogP contribution in [0.3, 0.4) is 0 Å². The fourth-order valence-corrected chi connectivity index (χ4v) is 0.655. The molecule has 0 amide bonds. The summed E-state index contributed by atoms with van der Waals surface area (Å²) in [5.41, 5.74) is -0.987. The first kappa shape index (κ1) is 8.25. The molecule has 0 aromatic carbocycles. The summed E-state index contributed by atoms with van der Waals surface area (Å²) in [4.78, 5) is 26.4. The van der Waals surface area contributed by atoms with E-state index in [1.54, 1.807) is 0 Å². The van der Waals surface area contributed by atoms with Crippen molar-refractivity contribution in [1.29, 1.82) is 0 Å². The Kier molecular flexibility index (Phi) is 2.09. The molecule has 6 nitrogen and oxygen atoms in total. The zero-order valence-corrected chi connectivity index (χ0v) is 6.20. The van der Waals surface area contributed by atoms with Crippen LogP contribution in [0, 0.1) is 0 Å². The van der Waals surface area contributed by atoms with E-state index in [1.165, 1.54) is 7.11 Å². The van der Waals surface area contributed by atoms with Gasteiger partial charge >= 0.3 is 11.7 Å². The smallest absolute Gasteiger partial charge is 0.352 e. The number of carbonyl (C=O) groups is 1. The average molecular weight is 170 g/mol. The number of aromatic nitrogens is 2. The number of ether oxygens (including phenoxy) is 1. The third kappa shape index (κ3) is 1.60. The van der Waals surface area contributed by atoms with Crippen LogP contribution in [0.2, 0.25) is 0 Å². The van der Waals surface area contributed by atoms with Gasteiger partial charge in [-0.2, -0.15) is 4.98 Å². The summed E-state index contributed by atoms with van der Waals surface area (Å²) in [6.45, 7) is 0. The highest BCUT2D eigenvalue weighted by Crippen LogP contribution is 2.02. The van der Waals surface area contributed by atoms with Crippen LogP contribution in [-0.4, -0.2) is 28.2 Å². The van der Waals surface area contributed by atoms with Crippen molar-refractivity contribution in [2.45, 2.75) is 0 Å². The lowest BCUT2D eigenvalue weighted by molar-refractivity contribution is 0.0689. The van der Waals surface area contributed by atoms with Gasteiger partial charge in [-0.05, 0) is 0 Å². The van der Waals surface area contributed by atoms with Crippen LogP contribution in [-0.2, 0) is 0 Å². The van der Waals surface area contributed by atoms with Crippen LogP contribution in [0.5, 0.6) is 5.88 Å². The topological polar surface area (TPSA) is 92.3 Å². The Hall–Kier alpha value is -1.85. The molecule has 64 valence electrons. The molecule has 0 aliphatic rings. The van der Waals surface area contributed by atoms with E-state index in [9.17, 15) is 9.59 Å². The molecule has 0 aliphatic carbocycles. The van der Waals surface area contributed by atoms with Crippen molar-refractivity contribution in [2.24, 2.45) is 0 Å². The van der Waals surface area contributed by atoms with Gasteiger partial charge in [-0.1, -0.05) is 0 Å². The maximum atomic E-state index is 10.7. The molecule has 2 N–H and O–H groups in total. The molecule has 0 radical (unpaired) electrons. The molecule has 0 bridgehead atoms. The van der Waals surface area contributed by atoms with Crippen LogP contribution in [0.15, 0.2) is 10.9 Å². The quantitative estimate of drug-likeness (QED) is 0.622. The molecule has 0 atom stereocenters. The molecule has 1 heterocycles. The fourth-order valence-electron chi connectivity index (χ4n) is 0.655. The highest BCUT2D eigenvalue weighted by Gasteiger charge is 2.06. The average Bonchev–Trinajstić information content (AvgIpc) is 2.03. The maximum absolute atomic E-state index is 10.7. The molecule has 1 aromatic rings. The third-order valence-electron chi connectivity index (χ3n) is 1.16. The molecule has 0 fully saturated rings. The first-order valence-electron chi connectivity index (χ1n) is 3.02. The van der Waals surface area contributed by atoms with E-state index in [0.717, 1.165) is 6.07 Å². The predicted molar refractivity (Wildman–Crippen MR) is 38.4 cm³/mol. The van der Waals surface area contributed by atoms with E-state index in [2.05, 4.69) is 9.72 Å². The number of aromatic amines is 1. The molecule has 0 aliphatic heterocycles. The summed E-state index contributed by atoms with van der Waals surface area (Å²) >= 11 is 0. The Balaban J connectivity index is 3.24. The highest BCUT2D eigenvalue weighted by molar-refractivity contribution is 5.85. The van der Waals surface area contributed by atoms with Gasteiger partial charge in [-0.3, -0.25) is 4.98 Å². The lowest BCUT2D eigenvalue weighted by Gasteiger charge is -1.97. The van der Waals surface area contributed by atoms with Gasteiger partial charge in [0, 0.05) is 6.07 Å². The van der Waals surface area contributed by atoms with Crippen molar-refractivity contribution >= 4 is 5.97 Å². The Morgan fingerprint density at radius 1 is 1.75 bits per heavy atom. The van der Waals surface area contributed by atoms with Crippen LogP contribution in [0.1, 0.15) is 10.5 Å². The molecule has 0 unspecified atom stereocenters. The standard InChI is InChI=1S/C6H6N2O4/c1-12-4-2-3(5(9)10)7-6(11)8-4/h2H,1H3,(H,9,10)(H,7,8,11). The second-order valence-electron chi connectivity index (χ2n) is 1.95. The van der Waals surface area contributed by atoms with Gasteiger partial charge in [0.1, 0.15) is 5.69 Å². The zero-order chi connectivity index (χ0) is 9.14. The van der Waals surface area contributed by atoms with E-state index in [0.29, 0.717) is 0 Å². The van der Waals surface area contributed by atoms with Crippen molar-refractivity contribution < 1.29 is 14.6 Å². The van der Waals surface area contributed by atoms with Crippen molar-refractivity contribution in [1.82, 2.24) is 9.97 Å². The summed E-state index contributed by atoms with van der Waals surface area (Å²) in [5, 5.41) is 8.48. The van der Waals surface area contributed by atoms with Crippen molar-refractivity contribution in [3.8, 4) is 5.88 Å². The van der Waals surface area contributed by atoms with Crippen molar-refractivity contribution in [3.05, 3.63) is 22.2 Å². The number of carboxylic acid groups (broad SMARTS) is 1. The number of H-pyrrole nitrogens is 1. The van der Waals surface area contributed by atoms with E-state index in [-0.39, 0.29) is 11.6 Å². The fraction of sp³-hybridized carbons (Fsp3) is 0.167. The molecular formula is C6H6N2O4. The van der Waals surface area contributed by atoms with E-state index < -0.39 is 11.7 Å². The largest absolute Gasteiger partial charge is 0.481 e. The van der Waals surface area contributed by atoms with Gasteiger partial charge in [0.15, 0.2) is 0 Å². The minimum atomic E-state index is -1.23. The zero-order valence-electron chi connectivity index (χ0n) is 6.20. The van der Waals surface area contributed by atoms with Gasteiger partial charge in [0.25, 0.3) is 0 Å². The van der Waals surface area contributed by atoms with Crippen LogP contribution < -0.4 is 10.4 Å². The molecule has 0 saturated carbocycles. The summed E-state index contributed by atoms with van der Waals surface area (Å²) in [6.07, 6.45) is 0. The molecule has 1 rings (SSSR count). The number of nitrogens with zero attached hydrogens (tertiary/aromatic N) is 1. The molecule has 1 aromatic heterocycles. The summed E-state index contributed by atoms with van der Waals surface area (Å²) < 4.78 is 4.59. The van der Waals surface area contributed by atoms with Gasteiger partial charge in [-0.25, -0.2) is 9.59 Å². The molecule has 12 heavy (non-hydrogen) atoms. The Morgan fingerprint density at radius 2 is 2.42 bits per heavy atom. The van der Waals surface area contributed by atoms with Gasteiger partial charge in [-0.15, -0.1) is 0 Å². The van der Waals surface area contributed by atoms with Crippen molar-refractivity contribution in [3.63, 3.8) is 0 Å². The Labute approximate surface area is 66.8 Å². The second kappa shape index (κ2) is 3.04.